The van der Waals surface area contributed by atoms with Gasteiger partial charge in [0, 0.05) is 5.56 Å². The molecule has 0 saturated carbocycles. The fraction of sp³-hybridized carbons (Fsp3) is 0.167. The number of carbonyl (C=O) groups is 1. The molecule has 1 heterocycles. The predicted octanol–water partition coefficient (Wildman–Crippen LogP) is 5.47. The molecule has 0 aliphatic heterocycles. The highest BCUT2D eigenvalue weighted by Gasteiger charge is 2.20. The van der Waals surface area contributed by atoms with Crippen molar-refractivity contribution in [2.75, 3.05) is 5.32 Å². The number of benzene rings is 2. The van der Waals surface area contributed by atoms with Gasteiger partial charge in [0.1, 0.15) is 0 Å². The summed E-state index contributed by atoms with van der Waals surface area (Å²) in [6.07, 6.45) is 0. The number of nitrogens with one attached hydrogen (secondary N) is 1. The van der Waals surface area contributed by atoms with Gasteiger partial charge in [0.2, 0.25) is 11.8 Å². The summed E-state index contributed by atoms with van der Waals surface area (Å²) in [6.45, 7) is 3.72. The maximum Gasteiger partial charge on any atom is 0.277 e. The van der Waals surface area contributed by atoms with E-state index in [0.717, 1.165) is 11.1 Å². The largest absolute Gasteiger partial charge is 0.411 e. The molecule has 0 aliphatic carbocycles. The molecule has 0 bridgehead atoms. The standard InChI is InChI=1S/C18H15Cl2N3O2S/c1-10-6-3-4-7-12(10)17-22-23-18(25-17)26-11(2)16(24)21-14-9-5-8-13(19)15(14)20/h3-9,11H,1-2H3,(H,21,24). The van der Waals surface area contributed by atoms with Gasteiger partial charge in [-0.2, -0.15) is 0 Å². The minimum atomic E-state index is -0.463. The lowest BCUT2D eigenvalue weighted by molar-refractivity contribution is -0.115. The van der Waals surface area contributed by atoms with Crippen LogP contribution in [0.25, 0.3) is 11.5 Å². The Kier molecular flexibility index (Phi) is 5.86. The van der Waals surface area contributed by atoms with Crippen molar-refractivity contribution in [2.24, 2.45) is 0 Å². The molecule has 0 saturated heterocycles. The van der Waals surface area contributed by atoms with Gasteiger partial charge >= 0.3 is 0 Å². The number of hydrogen-bond acceptors (Lipinski definition) is 5. The summed E-state index contributed by atoms with van der Waals surface area (Å²) in [5, 5.41) is 11.4. The fourth-order valence-electron chi connectivity index (χ4n) is 2.22. The highest BCUT2D eigenvalue weighted by atomic mass is 35.5. The smallest absolute Gasteiger partial charge is 0.277 e. The molecule has 3 aromatic rings. The van der Waals surface area contributed by atoms with Crippen LogP contribution in [0.3, 0.4) is 0 Å². The SMILES string of the molecule is Cc1ccccc1-c1nnc(SC(C)C(=O)Nc2cccc(Cl)c2Cl)o1. The first-order valence-corrected chi connectivity index (χ1v) is 9.40. The molecular weight excluding hydrogens is 393 g/mol. The second kappa shape index (κ2) is 8.12. The van der Waals surface area contributed by atoms with E-state index >= 15 is 0 Å². The minimum Gasteiger partial charge on any atom is -0.411 e. The Labute approximate surface area is 165 Å². The number of anilines is 1. The third-order valence-electron chi connectivity index (χ3n) is 3.64. The van der Waals surface area contributed by atoms with Gasteiger partial charge in [0.25, 0.3) is 5.22 Å². The highest BCUT2D eigenvalue weighted by Crippen LogP contribution is 2.31. The van der Waals surface area contributed by atoms with Crippen molar-refractivity contribution >= 4 is 46.6 Å². The van der Waals surface area contributed by atoms with Crippen molar-refractivity contribution in [2.45, 2.75) is 24.3 Å². The summed E-state index contributed by atoms with van der Waals surface area (Å²) in [4.78, 5) is 12.4. The Morgan fingerprint density at radius 1 is 1.15 bits per heavy atom. The zero-order valence-electron chi connectivity index (χ0n) is 14.0. The number of nitrogens with zero attached hydrogens (tertiary/aromatic N) is 2. The Bertz CT molecular complexity index is 946. The number of aryl methyl sites for hydroxylation is 1. The first-order chi connectivity index (χ1) is 12.5. The van der Waals surface area contributed by atoms with E-state index in [9.17, 15) is 4.79 Å². The molecule has 1 N–H and O–H groups in total. The van der Waals surface area contributed by atoms with Crippen molar-refractivity contribution in [1.82, 2.24) is 10.2 Å². The number of carbonyl (C=O) groups excluding carboxylic acids is 1. The van der Waals surface area contributed by atoms with Crippen molar-refractivity contribution in [3.8, 4) is 11.5 Å². The van der Waals surface area contributed by atoms with E-state index in [4.69, 9.17) is 27.6 Å². The predicted molar refractivity (Wildman–Crippen MR) is 105 cm³/mol. The molecule has 2 aromatic carbocycles. The Morgan fingerprint density at radius 2 is 1.92 bits per heavy atom. The molecule has 1 unspecified atom stereocenters. The van der Waals surface area contributed by atoms with Crippen LogP contribution in [0.15, 0.2) is 52.1 Å². The van der Waals surface area contributed by atoms with Crippen LogP contribution >= 0.6 is 35.0 Å². The van der Waals surface area contributed by atoms with Gasteiger partial charge in [0.05, 0.1) is 21.0 Å². The van der Waals surface area contributed by atoms with E-state index in [1.54, 1.807) is 25.1 Å². The summed E-state index contributed by atoms with van der Waals surface area (Å²) in [6, 6.07) is 12.8. The van der Waals surface area contributed by atoms with E-state index < -0.39 is 5.25 Å². The molecular formula is C18H15Cl2N3O2S. The Hall–Kier alpha value is -2.02. The average molecular weight is 408 g/mol. The van der Waals surface area contributed by atoms with Crippen LogP contribution in [0, 0.1) is 6.92 Å². The molecule has 1 amide bonds. The van der Waals surface area contributed by atoms with Crippen LogP contribution in [-0.4, -0.2) is 21.4 Å². The molecule has 0 radical (unpaired) electrons. The number of hydrogen-bond donors (Lipinski definition) is 1. The lowest BCUT2D eigenvalue weighted by atomic mass is 10.1. The molecule has 0 spiro atoms. The van der Waals surface area contributed by atoms with E-state index in [2.05, 4.69) is 15.5 Å². The van der Waals surface area contributed by atoms with Crippen molar-refractivity contribution in [3.05, 3.63) is 58.1 Å². The Morgan fingerprint density at radius 3 is 2.69 bits per heavy atom. The lowest BCUT2D eigenvalue weighted by Crippen LogP contribution is -2.22. The highest BCUT2D eigenvalue weighted by molar-refractivity contribution is 8.00. The number of aromatic nitrogens is 2. The summed E-state index contributed by atoms with van der Waals surface area (Å²) >= 11 is 13.2. The van der Waals surface area contributed by atoms with Crippen molar-refractivity contribution in [3.63, 3.8) is 0 Å². The zero-order chi connectivity index (χ0) is 18.7. The summed E-state index contributed by atoms with van der Waals surface area (Å²) in [5.74, 6) is 0.186. The van der Waals surface area contributed by atoms with Crippen LogP contribution in [-0.2, 0) is 4.79 Å². The Balaban J connectivity index is 1.68. The van der Waals surface area contributed by atoms with Gasteiger partial charge in [-0.1, -0.05) is 59.2 Å². The van der Waals surface area contributed by atoms with Crippen LogP contribution in [0.2, 0.25) is 10.0 Å². The van der Waals surface area contributed by atoms with E-state index in [-0.39, 0.29) is 5.91 Å². The van der Waals surface area contributed by atoms with Crippen molar-refractivity contribution < 1.29 is 9.21 Å². The summed E-state index contributed by atoms with van der Waals surface area (Å²) in [7, 11) is 0. The second-order valence-corrected chi connectivity index (χ2v) is 7.62. The molecule has 8 heteroatoms. The third-order valence-corrected chi connectivity index (χ3v) is 5.39. The van der Waals surface area contributed by atoms with Gasteiger partial charge in [0.15, 0.2) is 0 Å². The second-order valence-electron chi connectivity index (χ2n) is 5.54. The van der Waals surface area contributed by atoms with Gasteiger partial charge < -0.3 is 9.73 Å². The third kappa shape index (κ3) is 4.20. The topological polar surface area (TPSA) is 68.0 Å². The quantitative estimate of drug-likeness (QED) is 0.567. The molecule has 5 nitrogen and oxygen atoms in total. The number of halogens is 2. The maximum absolute atomic E-state index is 12.4. The van der Waals surface area contributed by atoms with Crippen LogP contribution in [0.5, 0.6) is 0 Å². The van der Waals surface area contributed by atoms with Crippen LogP contribution in [0.1, 0.15) is 12.5 Å². The van der Waals surface area contributed by atoms with Gasteiger partial charge in [-0.15, -0.1) is 10.2 Å². The molecule has 0 aliphatic rings. The van der Waals surface area contributed by atoms with Gasteiger partial charge in [-0.3, -0.25) is 4.79 Å². The number of thioether (sulfide) groups is 1. The molecule has 1 atom stereocenters. The molecule has 0 fully saturated rings. The van der Waals surface area contributed by atoms with Crippen LogP contribution < -0.4 is 5.32 Å². The summed E-state index contributed by atoms with van der Waals surface area (Å²) < 4.78 is 5.68. The van der Waals surface area contributed by atoms with Crippen molar-refractivity contribution in [1.29, 1.82) is 0 Å². The maximum atomic E-state index is 12.4. The number of rotatable bonds is 5. The average Bonchev–Trinajstić information content (AvgIpc) is 3.07. The summed E-state index contributed by atoms with van der Waals surface area (Å²) in [5.41, 5.74) is 2.37. The van der Waals surface area contributed by atoms with E-state index in [1.807, 2.05) is 31.2 Å². The monoisotopic (exact) mass is 407 g/mol. The van der Waals surface area contributed by atoms with E-state index in [0.29, 0.717) is 26.8 Å². The number of amides is 1. The van der Waals surface area contributed by atoms with Gasteiger partial charge in [-0.05, 0) is 37.6 Å². The molecule has 3 rings (SSSR count). The first-order valence-electron chi connectivity index (χ1n) is 7.76. The van der Waals surface area contributed by atoms with Gasteiger partial charge in [-0.25, -0.2) is 0 Å². The zero-order valence-corrected chi connectivity index (χ0v) is 16.3. The molecule has 134 valence electrons. The van der Waals surface area contributed by atoms with Crippen LogP contribution in [0.4, 0.5) is 5.69 Å². The normalized spacial score (nSPS) is 12.0. The lowest BCUT2D eigenvalue weighted by Gasteiger charge is -2.11. The first kappa shape index (κ1) is 18.8. The van der Waals surface area contributed by atoms with E-state index in [1.165, 1.54) is 11.8 Å². The molecule has 26 heavy (non-hydrogen) atoms. The minimum absolute atomic E-state index is 0.241. The fourth-order valence-corrected chi connectivity index (χ4v) is 3.25. The molecule has 1 aromatic heterocycles.